The molecule has 0 unspecified atom stereocenters. The van der Waals surface area contributed by atoms with Crippen LogP contribution in [0.3, 0.4) is 0 Å². The van der Waals surface area contributed by atoms with Gasteiger partial charge in [0.15, 0.2) is 11.0 Å². The van der Waals surface area contributed by atoms with Gasteiger partial charge in [-0.05, 0) is 43.7 Å². The highest BCUT2D eigenvalue weighted by molar-refractivity contribution is 7.99. The lowest BCUT2D eigenvalue weighted by Gasteiger charge is -2.10. The number of rotatable bonds is 6. The average molecular weight is 405 g/mol. The van der Waals surface area contributed by atoms with Gasteiger partial charge in [-0.15, -0.1) is 10.2 Å². The minimum Gasteiger partial charge on any atom is -0.325 e. The number of halogens is 2. The van der Waals surface area contributed by atoms with Gasteiger partial charge in [0.05, 0.1) is 11.3 Å². The topological polar surface area (TPSA) is 59.8 Å². The van der Waals surface area contributed by atoms with Gasteiger partial charge in [0.1, 0.15) is 5.82 Å². The molecule has 0 aliphatic carbocycles. The van der Waals surface area contributed by atoms with Crippen molar-refractivity contribution in [1.29, 1.82) is 0 Å². The molecule has 3 aromatic rings. The Labute approximate surface area is 166 Å². The zero-order valence-corrected chi connectivity index (χ0v) is 16.4. The number of nitrogens with one attached hydrogen (secondary N) is 1. The summed E-state index contributed by atoms with van der Waals surface area (Å²) < 4.78 is 15.9. The van der Waals surface area contributed by atoms with Gasteiger partial charge >= 0.3 is 0 Å². The monoisotopic (exact) mass is 404 g/mol. The Hall–Kier alpha value is -2.38. The molecule has 1 aromatic heterocycles. The molecular weight excluding hydrogens is 387 g/mol. The summed E-state index contributed by atoms with van der Waals surface area (Å²) >= 11 is 7.33. The molecule has 0 atom stereocenters. The van der Waals surface area contributed by atoms with Crippen molar-refractivity contribution in [1.82, 2.24) is 14.8 Å². The summed E-state index contributed by atoms with van der Waals surface area (Å²) in [7, 11) is 0. The van der Waals surface area contributed by atoms with E-state index < -0.39 is 0 Å². The number of amides is 1. The smallest absolute Gasteiger partial charge is 0.234 e. The fourth-order valence-electron chi connectivity index (χ4n) is 2.58. The fourth-order valence-corrected chi connectivity index (χ4v) is 3.56. The van der Waals surface area contributed by atoms with E-state index in [0.29, 0.717) is 33.8 Å². The highest BCUT2D eigenvalue weighted by Gasteiger charge is 2.17. The molecule has 0 aliphatic heterocycles. The first kappa shape index (κ1) is 19.4. The second kappa shape index (κ2) is 8.54. The highest BCUT2D eigenvalue weighted by atomic mass is 35.5. The van der Waals surface area contributed by atoms with Crippen molar-refractivity contribution < 1.29 is 9.18 Å². The van der Waals surface area contributed by atoms with Crippen LogP contribution in [0.4, 0.5) is 10.1 Å². The second-order valence-corrected chi connectivity index (χ2v) is 7.13. The average Bonchev–Trinajstić information content (AvgIpc) is 3.07. The number of thioether (sulfide) groups is 1. The normalized spacial score (nSPS) is 10.8. The minimum atomic E-state index is -0.356. The van der Waals surface area contributed by atoms with Crippen LogP contribution in [0.25, 0.3) is 11.4 Å². The predicted molar refractivity (Wildman–Crippen MR) is 107 cm³/mol. The number of carbonyl (C=O) groups is 1. The first-order valence-electron chi connectivity index (χ1n) is 8.37. The maximum Gasteiger partial charge on any atom is 0.234 e. The van der Waals surface area contributed by atoms with Crippen LogP contribution in [0.1, 0.15) is 12.5 Å². The molecule has 1 heterocycles. The molecule has 2 aromatic carbocycles. The lowest BCUT2D eigenvalue weighted by Crippen LogP contribution is -2.15. The molecule has 0 spiro atoms. The van der Waals surface area contributed by atoms with Gasteiger partial charge in [0.25, 0.3) is 0 Å². The van der Waals surface area contributed by atoms with Crippen molar-refractivity contribution in [2.24, 2.45) is 0 Å². The predicted octanol–water partition coefficient (Wildman–Crippen LogP) is 4.80. The molecule has 140 valence electrons. The van der Waals surface area contributed by atoms with Gasteiger partial charge in [0.2, 0.25) is 5.91 Å². The third-order valence-corrected chi connectivity index (χ3v) is 5.40. The van der Waals surface area contributed by atoms with Crippen molar-refractivity contribution in [3.05, 3.63) is 58.9 Å². The quantitative estimate of drug-likeness (QED) is 0.599. The summed E-state index contributed by atoms with van der Waals surface area (Å²) in [6.07, 6.45) is 0. The maximum absolute atomic E-state index is 14.1. The molecule has 0 aliphatic rings. The van der Waals surface area contributed by atoms with Crippen LogP contribution in [0.15, 0.2) is 47.6 Å². The molecule has 0 fully saturated rings. The lowest BCUT2D eigenvalue weighted by molar-refractivity contribution is -0.113. The summed E-state index contributed by atoms with van der Waals surface area (Å²) in [4.78, 5) is 12.3. The van der Waals surface area contributed by atoms with E-state index in [4.69, 9.17) is 11.6 Å². The van der Waals surface area contributed by atoms with E-state index in [1.807, 2.05) is 13.8 Å². The third kappa shape index (κ3) is 4.31. The van der Waals surface area contributed by atoms with Crippen LogP contribution in [0.2, 0.25) is 5.02 Å². The molecule has 0 saturated heterocycles. The standard InChI is InChI=1S/C19H18ClFN4OS/c1-3-25-18(13-7-4-5-9-15(13)21)23-24-19(25)27-11-17(26)22-16-10-6-8-14(20)12(16)2/h4-10H,3,11H2,1-2H3,(H,22,26). The first-order valence-corrected chi connectivity index (χ1v) is 9.73. The zero-order chi connectivity index (χ0) is 19.4. The van der Waals surface area contributed by atoms with Crippen molar-refractivity contribution in [3.63, 3.8) is 0 Å². The number of anilines is 1. The zero-order valence-electron chi connectivity index (χ0n) is 14.9. The van der Waals surface area contributed by atoms with Crippen molar-refractivity contribution in [2.45, 2.75) is 25.5 Å². The Morgan fingerprint density at radius 2 is 2.00 bits per heavy atom. The number of benzene rings is 2. The lowest BCUT2D eigenvalue weighted by atomic mass is 10.2. The van der Waals surface area contributed by atoms with Crippen LogP contribution in [0.5, 0.6) is 0 Å². The summed E-state index contributed by atoms with van der Waals surface area (Å²) in [5.41, 5.74) is 1.88. The van der Waals surface area contributed by atoms with Crippen LogP contribution in [-0.4, -0.2) is 26.4 Å². The Bertz CT molecular complexity index is 976. The van der Waals surface area contributed by atoms with E-state index in [-0.39, 0.29) is 17.5 Å². The van der Waals surface area contributed by atoms with E-state index in [0.717, 1.165) is 5.56 Å². The molecule has 0 saturated carbocycles. The largest absolute Gasteiger partial charge is 0.325 e. The van der Waals surface area contributed by atoms with E-state index in [9.17, 15) is 9.18 Å². The molecule has 0 radical (unpaired) electrons. The van der Waals surface area contributed by atoms with Gasteiger partial charge in [-0.25, -0.2) is 4.39 Å². The molecule has 5 nitrogen and oxygen atoms in total. The summed E-state index contributed by atoms with van der Waals surface area (Å²) in [6, 6.07) is 11.8. The van der Waals surface area contributed by atoms with E-state index in [1.165, 1.54) is 17.8 Å². The number of nitrogens with zero attached hydrogens (tertiary/aromatic N) is 3. The number of hydrogen-bond acceptors (Lipinski definition) is 4. The van der Waals surface area contributed by atoms with E-state index >= 15 is 0 Å². The highest BCUT2D eigenvalue weighted by Crippen LogP contribution is 2.27. The van der Waals surface area contributed by atoms with E-state index in [1.54, 1.807) is 41.0 Å². The molecule has 8 heteroatoms. The third-order valence-electron chi connectivity index (χ3n) is 4.02. The van der Waals surface area contributed by atoms with Crippen molar-refractivity contribution in [2.75, 3.05) is 11.1 Å². The molecule has 27 heavy (non-hydrogen) atoms. The number of hydrogen-bond donors (Lipinski definition) is 1. The maximum atomic E-state index is 14.1. The van der Waals surface area contributed by atoms with E-state index in [2.05, 4.69) is 15.5 Å². The molecule has 1 amide bonds. The van der Waals surface area contributed by atoms with Gasteiger partial charge < -0.3 is 9.88 Å². The van der Waals surface area contributed by atoms with Crippen LogP contribution in [0, 0.1) is 12.7 Å². The van der Waals surface area contributed by atoms with Crippen LogP contribution < -0.4 is 5.32 Å². The second-order valence-electron chi connectivity index (χ2n) is 5.78. The summed E-state index contributed by atoms with van der Waals surface area (Å²) in [5.74, 6) is 0.0689. The first-order chi connectivity index (χ1) is 13.0. The summed E-state index contributed by atoms with van der Waals surface area (Å²) in [6.45, 7) is 4.33. The molecule has 0 bridgehead atoms. The van der Waals surface area contributed by atoms with Crippen LogP contribution in [-0.2, 0) is 11.3 Å². The Morgan fingerprint density at radius 1 is 1.22 bits per heavy atom. The fraction of sp³-hybridized carbons (Fsp3) is 0.211. The minimum absolute atomic E-state index is 0.154. The Balaban J connectivity index is 1.72. The Morgan fingerprint density at radius 3 is 2.74 bits per heavy atom. The van der Waals surface area contributed by atoms with Crippen molar-refractivity contribution >= 4 is 35.0 Å². The molecule has 1 N–H and O–H groups in total. The number of carbonyl (C=O) groups excluding carboxylic acids is 1. The molecule has 3 rings (SSSR count). The Kier molecular flexibility index (Phi) is 6.13. The summed E-state index contributed by atoms with van der Waals surface area (Å²) in [5, 5.41) is 12.2. The molecular formula is C19H18ClFN4OS. The van der Waals surface area contributed by atoms with Gasteiger partial charge in [-0.1, -0.05) is 41.6 Å². The SMILES string of the molecule is CCn1c(SCC(=O)Nc2cccc(Cl)c2C)nnc1-c1ccccc1F. The van der Waals surface area contributed by atoms with Crippen molar-refractivity contribution in [3.8, 4) is 11.4 Å². The van der Waals surface area contributed by atoms with Gasteiger partial charge in [-0.2, -0.15) is 0 Å². The van der Waals surface area contributed by atoms with Crippen LogP contribution >= 0.6 is 23.4 Å². The van der Waals surface area contributed by atoms with Gasteiger partial charge in [-0.3, -0.25) is 4.79 Å². The van der Waals surface area contributed by atoms with Gasteiger partial charge in [0, 0.05) is 17.3 Å². The number of aromatic nitrogens is 3.